The number of nitrogens with two attached hydrogens (primary N) is 1. The lowest BCUT2D eigenvalue weighted by Crippen LogP contribution is -2.32. The van der Waals surface area contributed by atoms with Gasteiger partial charge in [0.25, 0.3) is 0 Å². The topological polar surface area (TPSA) is 97.7 Å². The first-order valence-corrected chi connectivity index (χ1v) is 5.38. The van der Waals surface area contributed by atoms with Crippen LogP contribution in [0.25, 0.3) is 10.9 Å². The Kier molecular flexibility index (Phi) is 3.12. The van der Waals surface area contributed by atoms with Crippen LogP contribution in [-0.4, -0.2) is 34.2 Å². The van der Waals surface area contributed by atoms with Gasteiger partial charge >= 0.3 is 5.97 Å². The van der Waals surface area contributed by atoms with Gasteiger partial charge < -0.3 is 20.8 Å². The summed E-state index contributed by atoms with van der Waals surface area (Å²) in [5, 5.41) is 19.3. The summed E-state index contributed by atoms with van der Waals surface area (Å²) in [6.45, 7) is 0. The summed E-state index contributed by atoms with van der Waals surface area (Å²) in [7, 11) is 1.53. The van der Waals surface area contributed by atoms with Gasteiger partial charge in [-0.05, 0) is 17.7 Å². The van der Waals surface area contributed by atoms with Crippen LogP contribution in [0, 0.1) is 0 Å². The molecule has 0 radical (unpaired) electrons. The zero-order valence-corrected chi connectivity index (χ0v) is 9.83. The summed E-state index contributed by atoms with van der Waals surface area (Å²) in [5.74, 6) is -0.452. The van der Waals surface area contributed by atoms with E-state index in [9.17, 15) is 10.0 Å². The Labute approximate surface area is 103 Å². The molecule has 0 saturated heterocycles. The number of hydrogen-bond donors (Lipinski definition) is 3. The maximum Gasteiger partial charge on any atom is 0.320 e. The molecule has 1 unspecified atom stereocenters. The predicted molar refractivity (Wildman–Crippen MR) is 65.0 cm³/mol. The molecule has 0 aliphatic carbocycles. The molecule has 96 valence electrons. The molecule has 1 atom stereocenters. The fourth-order valence-corrected chi connectivity index (χ4v) is 1.87. The van der Waals surface area contributed by atoms with Gasteiger partial charge in [0.05, 0.1) is 12.6 Å². The van der Waals surface area contributed by atoms with Crippen LogP contribution in [0.1, 0.15) is 5.56 Å². The maximum absolute atomic E-state index is 10.7. The van der Waals surface area contributed by atoms with Gasteiger partial charge in [0.1, 0.15) is 11.8 Å². The highest BCUT2D eigenvalue weighted by Crippen LogP contribution is 2.25. The summed E-state index contributed by atoms with van der Waals surface area (Å²) in [4.78, 5) is 10.7. The summed E-state index contributed by atoms with van der Waals surface area (Å²) in [5.41, 5.74) is 6.73. The average molecular weight is 250 g/mol. The number of benzene rings is 1. The van der Waals surface area contributed by atoms with Crippen molar-refractivity contribution in [1.82, 2.24) is 4.73 Å². The number of rotatable bonds is 4. The molecule has 0 saturated carbocycles. The number of ether oxygens (including phenoxy) is 1. The minimum absolute atomic E-state index is 0.158. The lowest BCUT2D eigenvalue weighted by atomic mass is 10.1. The minimum atomic E-state index is -1.07. The monoisotopic (exact) mass is 250 g/mol. The summed E-state index contributed by atoms with van der Waals surface area (Å²) >= 11 is 0. The number of carboxylic acids is 1. The molecule has 6 nitrogen and oxygen atoms in total. The largest absolute Gasteiger partial charge is 0.497 e. The average Bonchev–Trinajstić information content (AvgIpc) is 2.65. The Morgan fingerprint density at radius 1 is 1.56 bits per heavy atom. The van der Waals surface area contributed by atoms with Gasteiger partial charge in [-0.2, -0.15) is 4.73 Å². The number of aromatic nitrogens is 1. The van der Waals surface area contributed by atoms with Gasteiger partial charge in [0, 0.05) is 24.1 Å². The van der Waals surface area contributed by atoms with E-state index in [1.54, 1.807) is 18.2 Å². The second-order valence-electron chi connectivity index (χ2n) is 4.03. The molecule has 2 rings (SSSR count). The molecule has 0 fully saturated rings. The van der Waals surface area contributed by atoms with Crippen LogP contribution in [0.3, 0.4) is 0 Å². The van der Waals surface area contributed by atoms with Gasteiger partial charge in [-0.25, -0.2) is 0 Å². The van der Waals surface area contributed by atoms with E-state index in [4.69, 9.17) is 15.6 Å². The van der Waals surface area contributed by atoms with E-state index in [1.165, 1.54) is 13.3 Å². The summed E-state index contributed by atoms with van der Waals surface area (Å²) in [6, 6.07) is 4.20. The molecular formula is C12H14N2O4. The Morgan fingerprint density at radius 2 is 2.28 bits per heavy atom. The number of carbonyl (C=O) groups is 1. The zero-order chi connectivity index (χ0) is 13.3. The van der Waals surface area contributed by atoms with Crippen LogP contribution >= 0.6 is 0 Å². The third kappa shape index (κ3) is 2.10. The lowest BCUT2D eigenvalue weighted by molar-refractivity contribution is -0.138. The first kappa shape index (κ1) is 12.3. The highest BCUT2D eigenvalue weighted by atomic mass is 16.5. The Bertz CT molecular complexity index is 591. The Morgan fingerprint density at radius 3 is 2.89 bits per heavy atom. The van der Waals surface area contributed by atoms with Crippen LogP contribution in [0.2, 0.25) is 0 Å². The molecule has 0 aliphatic heterocycles. The number of carboxylic acid groups (broad SMARTS) is 1. The number of nitrogens with zero attached hydrogens (tertiary/aromatic N) is 1. The summed E-state index contributed by atoms with van der Waals surface area (Å²) < 4.78 is 6.01. The number of fused-ring (bicyclic) bond motifs is 1. The van der Waals surface area contributed by atoms with Gasteiger partial charge in [0.2, 0.25) is 0 Å². The first-order chi connectivity index (χ1) is 8.52. The maximum atomic E-state index is 10.7. The minimum Gasteiger partial charge on any atom is -0.497 e. The first-order valence-electron chi connectivity index (χ1n) is 5.38. The van der Waals surface area contributed by atoms with Crippen molar-refractivity contribution in [2.75, 3.05) is 7.11 Å². The van der Waals surface area contributed by atoms with Crippen LogP contribution in [0.15, 0.2) is 24.4 Å². The SMILES string of the molecule is COc1ccc2c(CC(N)C(=O)O)cn(O)c2c1. The highest BCUT2D eigenvalue weighted by molar-refractivity contribution is 5.86. The van der Waals surface area contributed by atoms with E-state index in [1.807, 2.05) is 0 Å². The van der Waals surface area contributed by atoms with E-state index in [0.717, 1.165) is 10.1 Å². The Balaban J connectivity index is 2.44. The van der Waals surface area contributed by atoms with E-state index in [2.05, 4.69) is 0 Å². The molecule has 1 aromatic carbocycles. The van der Waals surface area contributed by atoms with Gasteiger partial charge in [-0.3, -0.25) is 4.79 Å². The van der Waals surface area contributed by atoms with Crippen LogP contribution < -0.4 is 10.5 Å². The van der Waals surface area contributed by atoms with Gasteiger partial charge in [0.15, 0.2) is 0 Å². The molecule has 4 N–H and O–H groups in total. The lowest BCUT2D eigenvalue weighted by Gasteiger charge is -2.04. The normalized spacial score (nSPS) is 12.6. The third-order valence-electron chi connectivity index (χ3n) is 2.83. The van der Waals surface area contributed by atoms with Crippen molar-refractivity contribution in [3.63, 3.8) is 0 Å². The van der Waals surface area contributed by atoms with Gasteiger partial charge in [-0.1, -0.05) is 0 Å². The zero-order valence-electron chi connectivity index (χ0n) is 9.83. The van der Waals surface area contributed by atoms with Crippen molar-refractivity contribution in [3.05, 3.63) is 30.0 Å². The standard InChI is InChI=1S/C12H14N2O4/c1-18-8-2-3-9-7(4-10(13)12(15)16)6-14(17)11(9)5-8/h2-3,5-6,10,17H,4,13H2,1H3,(H,15,16). The molecule has 1 aromatic heterocycles. The Hall–Kier alpha value is -2.21. The second kappa shape index (κ2) is 4.58. The number of methoxy groups -OCH3 is 1. The van der Waals surface area contributed by atoms with E-state index in [0.29, 0.717) is 16.8 Å². The highest BCUT2D eigenvalue weighted by Gasteiger charge is 2.16. The number of hydrogen-bond acceptors (Lipinski definition) is 4. The quantitative estimate of drug-likeness (QED) is 0.698. The fraction of sp³-hybridized carbons (Fsp3) is 0.250. The van der Waals surface area contributed by atoms with E-state index >= 15 is 0 Å². The molecule has 0 amide bonds. The number of aliphatic carboxylic acids is 1. The molecule has 1 heterocycles. The van der Waals surface area contributed by atoms with Crippen molar-refractivity contribution in [2.24, 2.45) is 5.73 Å². The molecule has 6 heteroatoms. The van der Waals surface area contributed by atoms with Crippen molar-refractivity contribution in [2.45, 2.75) is 12.5 Å². The molecule has 2 aromatic rings. The van der Waals surface area contributed by atoms with Crippen molar-refractivity contribution >= 4 is 16.9 Å². The molecule has 0 aliphatic rings. The van der Waals surface area contributed by atoms with Crippen LogP contribution in [0.4, 0.5) is 0 Å². The smallest absolute Gasteiger partial charge is 0.320 e. The molecular weight excluding hydrogens is 236 g/mol. The van der Waals surface area contributed by atoms with Crippen molar-refractivity contribution < 1.29 is 19.8 Å². The van der Waals surface area contributed by atoms with Crippen molar-refractivity contribution in [1.29, 1.82) is 0 Å². The van der Waals surface area contributed by atoms with Gasteiger partial charge in [-0.15, -0.1) is 0 Å². The van der Waals surface area contributed by atoms with Crippen LogP contribution in [-0.2, 0) is 11.2 Å². The third-order valence-corrected chi connectivity index (χ3v) is 2.83. The molecule has 0 bridgehead atoms. The van der Waals surface area contributed by atoms with E-state index in [-0.39, 0.29) is 6.42 Å². The van der Waals surface area contributed by atoms with E-state index < -0.39 is 12.0 Å². The molecule has 0 spiro atoms. The molecule has 18 heavy (non-hydrogen) atoms. The van der Waals surface area contributed by atoms with Crippen LogP contribution in [0.5, 0.6) is 5.75 Å². The fourth-order valence-electron chi connectivity index (χ4n) is 1.87. The second-order valence-corrected chi connectivity index (χ2v) is 4.03. The van der Waals surface area contributed by atoms with Crippen molar-refractivity contribution in [3.8, 4) is 5.75 Å². The summed E-state index contributed by atoms with van der Waals surface area (Å²) in [6.07, 6.45) is 1.62. The predicted octanol–water partition coefficient (Wildman–Crippen LogP) is 0.842.